The van der Waals surface area contributed by atoms with Gasteiger partial charge in [0.05, 0.1) is 39.2 Å². The second-order valence-corrected chi connectivity index (χ2v) is 19.8. The minimum atomic E-state index is -5.02. The largest absolute Gasteiger partial charge is 0.397 e. The maximum atomic E-state index is 13.7. The number of nitrogens with one attached hydrogen (secondary N) is 5. The number of hydrogen-bond donors (Lipinski definition) is 8. The number of carbonyl (C=O) groups is 7. The number of rotatable bonds is 18. The van der Waals surface area contributed by atoms with Gasteiger partial charge in [-0.1, -0.05) is 30.3 Å². The third-order valence-electron chi connectivity index (χ3n) is 10.6. The molecule has 1 fully saturated rings. The van der Waals surface area contributed by atoms with Crippen LogP contribution in [0.5, 0.6) is 0 Å². The first-order valence-corrected chi connectivity index (χ1v) is 24.5. The number of carbonyl (C=O) groups excluding carboxylic acids is 7. The van der Waals surface area contributed by atoms with Gasteiger partial charge in [-0.15, -0.1) is 0 Å². The number of nitrogen functional groups attached to an aromatic ring is 1. The zero-order valence-corrected chi connectivity index (χ0v) is 37.7. The molecule has 5 amide bonds. The van der Waals surface area contributed by atoms with E-state index >= 15 is 0 Å². The Morgan fingerprint density at radius 3 is 2.12 bits per heavy atom. The Morgan fingerprint density at radius 1 is 0.859 bits per heavy atom. The number of nitrogens with two attached hydrogens (primary N) is 2. The van der Waals surface area contributed by atoms with Crippen LogP contribution in [-0.4, -0.2) is 128 Å². The van der Waals surface area contributed by atoms with Crippen molar-refractivity contribution in [3.63, 3.8) is 0 Å². The summed E-state index contributed by atoms with van der Waals surface area (Å²) in [6.07, 6.45) is 2.73. The number of thioether (sulfide) groups is 1. The maximum Gasteiger partial charge on any atom is 0.296 e. The Balaban J connectivity index is 1.25. The highest BCUT2D eigenvalue weighted by Gasteiger charge is 2.39. The van der Waals surface area contributed by atoms with Crippen molar-refractivity contribution in [1.29, 1.82) is 0 Å². The summed E-state index contributed by atoms with van der Waals surface area (Å²) in [5, 5.41) is 13.1. The molecule has 1 aliphatic carbocycles. The third kappa shape index (κ3) is 11.1. The number of ketones is 2. The zero-order valence-electron chi connectivity index (χ0n) is 35.3. The van der Waals surface area contributed by atoms with Crippen LogP contribution in [-0.2, 0) is 43.9 Å². The van der Waals surface area contributed by atoms with Gasteiger partial charge >= 0.3 is 0 Å². The highest BCUT2D eigenvalue weighted by Crippen LogP contribution is 2.40. The summed E-state index contributed by atoms with van der Waals surface area (Å²) in [5.74, 6) is -4.59. The summed E-state index contributed by atoms with van der Waals surface area (Å²) >= 11 is 1.41. The van der Waals surface area contributed by atoms with Gasteiger partial charge in [0.1, 0.15) is 29.1 Å². The van der Waals surface area contributed by atoms with Crippen molar-refractivity contribution in [2.24, 2.45) is 5.73 Å². The molecule has 344 valence electrons. The van der Waals surface area contributed by atoms with Gasteiger partial charge in [0.15, 0.2) is 21.4 Å². The maximum absolute atomic E-state index is 13.7. The molecular weight excluding hydrogens is 893 g/mol. The summed E-state index contributed by atoms with van der Waals surface area (Å²) in [4.78, 5) is 92.5. The van der Waals surface area contributed by atoms with Crippen molar-refractivity contribution in [3.05, 3.63) is 76.9 Å². The van der Waals surface area contributed by atoms with Crippen molar-refractivity contribution in [2.45, 2.75) is 80.0 Å². The van der Waals surface area contributed by atoms with Gasteiger partial charge in [0.25, 0.3) is 10.1 Å². The lowest BCUT2D eigenvalue weighted by Crippen LogP contribution is -2.57. The fourth-order valence-corrected chi connectivity index (χ4v) is 9.53. The predicted octanol–water partition coefficient (Wildman–Crippen LogP) is 0.510. The molecule has 5 atom stereocenters. The average molecular weight is 943 g/mol. The van der Waals surface area contributed by atoms with Gasteiger partial charge in [-0.2, -0.15) is 20.2 Å². The van der Waals surface area contributed by atoms with Crippen LogP contribution >= 0.6 is 11.8 Å². The Labute approximate surface area is 374 Å². The minimum absolute atomic E-state index is 0.0247. The van der Waals surface area contributed by atoms with Gasteiger partial charge in [-0.05, 0) is 76.3 Å². The average Bonchev–Trinajstić information content (AvgIpc) is 3.74. The smallest absolute Gasteiger partial charge is 0.296 e. The van der Waals surface area contributed by atoms with Crippen LogP contribution in [0, 0.1) is 0 Å². The summed E-state index contributed by atoms with van der Waals surface area (Å²) in [5.41, 5.74) is 10.0. The number of amides is 5. The molecule has 10 N–H and O–H groups in total. The SMILES string of the molecule is CSCCC(NC(=O)C1CCCN1C(=O)C(C)NC(=O)C(C)NC(=O)C(C)N)C(=O)NCCS(=O)(=O)c1cccc(Nc2cc(S(=O)(=O)O)c(N)c3c2C(=O)c2ccccc2C3=O)c1. The van der Waals surface area contributed by atoms with E-state index in [0.29, 0.717) is 12.2 Å². The number of benzene rings is 3. The molecule has 0 radical (unpaired) electrons. The second kappa shape index (κ2) is 20.3. The van der Waals surface area contributed by atoms with Crippen LogP contribution in [0.1, 0.15) is 71.9 Å². The molecule has 5 unspecified atom stereocenters. The normalized spacial score (nSPS) is 16.7. The number of anilines is 3. The molecule has 0 saturated carbocycles. The van der Waals surface area contributed by atoms with Crippen LogP contribution in [0.4, 0.5) is 17.1 Å². The second-order valence-electron chi connectivity index (χ2n) is 15.3. The summed E-state index contributed by atoms with van der Waals surface area (Å²) in [7, 11) is -9.15. The summed E-state index contributed by atoms with van der Waals surface area (Å²) in [6, 6.07) is 7.02. The zero-order chi connectivity index (χ0) is 47.3. The monoisotopic (exact) mass is 942 g/mol. The molecule has 64 heavy (non-hydrogen) atoms. The van der Waals surface area contributed by atoms with Gasteiger partial charge < -0.3 is 43.0 Å². The number of sulfone groups is 1. The lowest BCUT2D eigenvalue weighted by molar-refractivity contribution is -0.142. The lowest BCUT2D eigenvalue weighted by atomic mass is 9.82. The van der Waals surface area contributed by atoms with Gasteiger partial charge in [0, 0.05) is 29.9 Å². The van der Waals surface area contributed by atoms with Crippen LogP contribution in [0.2, 0.25) is 0 Å². The molecule has 5 rings (SSSR count). The molecule has 1 heterocycles. The Hall–Kier alpha value is -5.88. The van der Waals surface area contributed by atoms with Crippen LogP contribution in [0.25, 0.3) is 0 Å². The quantitative estimate of drug-likeness (QED) is 0.0498. The van der Waals surface area contributed by atoms with Gasteiger partial charge in [-0.25, -0.2) is 8.42 Å². The number of hydrogen-bond acceptors (Lipinski definition) is 15. The molecule has 3 aromatic rings. The molecule has 1 aliphatic heterocycles. The standard InChI is InChI=1S/C41H50N8O12S3/c1-21(42)37(52)45-22(2)38(53)46-23(3)41(56)49-16-8-13-30(49)40(55)48-28(14-17-62-4)39(54)44-15-18-63(57,58)25-10-7-9-24(19-25)47-29-20-31(64(59,60)61)34(43)33-32(29)35(50)26-11-5-6-12-27(26)36(33)51/h5-7,9-12,19-23,28,30,47H,8,13-18,42-43H2,1-4H3,(H,44,54)(H,45,52)(H,46,53)(H,48,55)(H,59,60,61). The van der Waals surface area contributed by atoms with Crippen LogP contribution < -0.4 is 38.1 Å². The molecule has 1 saturated heterocycles. The number of nitrogens with zero attached hydrogens (tertiary/aromatic N) is 1. The molecule has 0 bridgehead atoms. The molecule has 20 nitrogen and oxygen atoms in total. The van der Waals surface area contributed by atoms with E-state index in [9.17, 15) is 55.0 Å². The van der Waals surface area contributed by atoms with E-state index in [-0.39, 0.29) is 58.9 Å². The van der Waals surface area contributed by atoms with Crippen molar-refractivity contribution >= 4 is 89.9 Å². The fourth-order valence-electron chi connectivity index (χ4n) is 7.21. The van der Waals surface area contributed by atoms with Crippen molar-refractivity contribution in [2.75, 3.05) is 41.9 Å². The highest BCUT2D eigenvalue weighted by molar-refractivity contribution is 7.98. The minimum Gasteiger partial charge on any atom is -0.397 e. The first-order chi connectivity index (χ1) is 30.1. The van der Waals surface area contributed by atoms with Crippen molar-refractivity contribution < 1.29 is 55.0 Å². The number of likely N-dealkylation sites (tertiary alicyclic amines) is 1. The fraction of sp³-hybridized carbons (Fsp3) is 0.390. The Morgan fingerprint density at radius 2 is 1.50 bits per heavy atom. The lowest BCUT2D eigenvalue weighted by Gasteiger charge is -2.29. The van der Waals surface area contributed by atoms with Crippen molar-refractivity contribution in [3.8, 4) is 0 Å². The van der Waals surface area contributed by atoms with Crippen molar-refractivity contribution in [1.82, 2.24) is 26.2 Å². The Bertz CT molecular complexity index is 2600. The van der Waals surface area contributed by atoms with E-state index in [1.54, 1.807) is 6.26 Å². The van der Waals surface area contributed by atoms with E-state index < -0.39 is 113 Å². The first kappa shape index (κ1) is 49.1. The summed E-state index contributed by atoms with van der Waals surface area (Å²) < 4.78 is 61.8. The molecule has 2 aliphatic rings. The molecule has 0 aromatic heterocycles. The van der Waals surface area contributed by atoms with E-state index in [1.165, 1.54) is 86.0 Å². The number of fused-ring (bicyclic) bond motifs is 2. The van der Waals surface area contributed by atoms with Crippen LogP contribution in [0.15, 0.2) is 64.4 Å². The van der Waals surface area contributed by atoms with Gasteiger partial charge in [-0.3, -0.25) is 38.1 Å². The molecular formula is C41H50N8O12S3. The Kier molecular flexibility index (Phi) is 15.6. The molecule has 0 spiro atoms. The van der Waals surface area contributed by atoms with E-state index in [1.807, 2.05) is 0 Å². The summed E-state index contributed by atoms with van der Waals surface area (Å²) in [6.45, 7) is 4.17. The highest BCUT2D eigenvalue weighted by atomic mass is 32.2. The van der Waals surface area contributed by atoms with Crippen LogP contribution in [0.3, 0.4) is 0 Å². The van der Waals surface area contributed by atoms with Gasteiger partial charge in [0.2, 0.25) is 29.5 Å². The molecule has 3 aromatic carbocycles. The van der Waals surface area contributed by atoms with E-state index in [2.05, 4.69) is 26.6 Å². The predicted molar refractivity (Wildman–Crippen MR) is 237 cm³/mol. The topological polar surface area (TPSA) is 323 Å². The van der Waals surface area contributed by atoms with E-state index in [4.69, 9.17) is 11.5 Å². The first-order valence-electron chi connectivity index (χ1n) is 20.0. The van der Waals surface area contributed by atoms with E-state index in [0.717, 1.165) is 6.07 Å². The molecule has 23 heteroatoms. The third-order valence-corrected chi connectivity index (χ3v) is 13.8.